The molecule has 0 atom stereocenters. The number of nitrogens with zero attached hydrogens (tertiary/aromatic N) is 3. The van der Waals surface area contributed by atoms with E-state index in [2.05, 4.69) is 9.97 Å². The zero-order valence-electron chi connectivity index (χ0n) is 8.99. The molecule has 0 amide bonds. The highest BCUT2D eigenvalue weighted by Gasteiger charge is 2.03. The number of halogens is 1. The molecule has 2 N–H and O–H groups in total. The Morgan fingerprint density at radius 2 is 1.93 bits per heavy atom. The van der Waals surface area contributed by atoms with Gasteiger partial charge in [0.1, 0.15) is 0 Å². The molecule has 4 nitrogen and oxygen atoms in total. The number of hydrogen-bond donors (Lipinski definition) is 1. The number of rotatable bonds is 6. The molecule has 0 radical (unpaired) electrons. The van der Waals surface area contributed by atoms with Gasteiger partial charge in [0.25, 0.3) is 0 Å². The predicted octanol–water partition coefficient (Wildman–Crippen LogP) is 1.18. The molecule has 1 aromatic heterocycles. The first-order chi connectivity index (χ1) is 7.24. The van der Waals surface area contributed by atoms with Gasteiger partial charge < -0.3 is 10.6 Å². The second-order valence-corrected chi connectivity index (χ2v) is 3.47. The van der Waals surface area contributed by atoms with E-state index in [1.54, 1.807) is 0 Å². The van der Waals surface area contributed by atoms with Gasteiger partial charge in [0, 0.05) is 13.6 Å². The summed E-state index contributed by atoms with van der Waals surface area (Å²) < 4.78 is 12.5. The van der Waals surface area contributed by atoms with E-state index < -0.39 is 5.82 Å². The molecule has 0 fully saturated rings. The van der Waals surface area contributed by atoms with E-state index in [9.17, 15) is 4.39 Å². The summed E-state index contributed by atoms with van der Waals surface area (Å²) >= 11 is 0. The van der Waals surface area contributed by atoms with Crippen LogP contribution in [0.1, 0.15) is 19.3 Å². The fourth-order valence-corrected chi connectivity index (χ4v) is 1.27. The third-order valence-electron chi connectivity index (χ3n) is 2.15. The Bertz CT molecular complexity index is 275. The van der Waals surface area contributed by atoms with Crippen LogP contribution in [0.15, 0.2) is 12.4 Å². The van der Waals surface area contributed by atoms with Crippen LogP contribution in [-0.4, -0.2) is 30.1 Å². The zero-order chi connectivity index (χ0) is 11.1. The Balaban J connectivity index is 2.33. The summed E-state index contributed by atoms with van der Waals surface area (Å²) in [5.74, 6) is 0.152. The molecular weight excluding hydrogens is 195 g/mol. The fourth-order valence-electron chi connectivity index (χ4n) is 1.27. The molecule has 15 heavy (non-hydrogen) atoms. The standard InChI is InChI=1S/C10H17FN4/c1-15(6-4-2-3-5-12)10-13-7-9(11)8-14-10/h7-8H,2-6,12H2,1H3. The minimum Gasteiger partial charge on any atom is -0.344 e. The van der Waals surface area contributed by atoms with Crippen molar-refractivity contribution in [2.75, 3.05) is 25.0 Å². The van der Waals surface area contributed by atoms with E-state index in [0.717, 1.165) is 32.4 Å². The van der Waals surface area contributed by atoms with Crippen LogP contribution in [0.25, 0.3) is 0 Å². The van der Waals surface area contributed by atoms with Crippen molar-refractivity contribution >= 4 is 5.95 Å². The van der Waals surface area contributed by atoms with Crippen molar-refractivity contribution in [1.29, 1.82) is 0 Å². The molecule has 5 heteroatoms. The van der Waals surface area contributed by atoms with Gasteiger partial charge in [-0.25, -0.2) is 14.4 Å². The third kappa shape index (κ3) is 4.20. The lowest BCUT2D eigenvalue weighted by Gasteiger charge is -2.16. The second kappa shape index (κ2) is 6.29. The molecule has 0 aromatic carbocycles. The van der Waals surface area contributed by atoms with Crippen molar-refractivity contribution in [3.8, 4) is 0 Å². The lowest BCUT2D eigenvalue weighted by Crippen LogP contribution is -2.21. The second-order valence-electron chi connectivity index (χ2n) is 3.47. The first-order valence-corrected chi connectivity index (χ1v) is 5.13. The minimum absolute atomic E-state index is 0.407. The van der Waals surface area contributed by atoms with Crippen LogP contribution < -0.4 is 10.6 Å². The average Bonchev–Trinajstić information content (AvgIpc) is 2.25. The van der Waals surface area contributed by atoms with Crippen molar-refractivity contribution in [2.24, 2.45) is 5.73 Å². The monoisotopic (exact) mass is 212 g/mol. The van der Waals surface area contributed by atoms with Gasteiger partial charge in [0.2, 0.25) is 5.95 Å². The van der Waals surface area contributed by atoms with Crippen molar-refractivity contribution in [3.63, 3.8) is 0 Å². The van der Waals surface area contributed by atoms with Gasteiger partial charge in [-0.15, -0.1) is 0 Å². The van der Waals surface area contributed by atoms with Crippen LogP contribution in [0, 0.1) is 5.82 Å². The van der Waals surface area contributed by atoms with E-state index in [1.165, 1.54) is 12.4 Å². The van der Waals surface area contributed by atoms with Gasteiger partial charge in [-0.3, -0.25) is 0 Å². The molecule has 0 aliphatic heterocycles. The van der Waals surface area contributed by atoms with Crippen LogP contribution in [-0.2, 0) is 0 Å². The topological polar surface area (TPSA) is 55.0 Å². The van der Waals surface area contributed by atoms with Crippen LogP contribution in [0.4, 0.5) is 10.3 Å². The largest absolute Gasteiger partial charge is 0.344 e. The van der Waals surface area contributed by atoms with Crippen molar-refractivity contribution in [3.05, 3.63) is 18.2 Å². The highest BCUT2D eigenvalue weighted by molar-refractivity contribution is 5.26. The van der Waals surface area contributed by atoms with Crippen LogP contribution >= 0.6 is 0 Å². The molecule has 84 valence electrons. The maximum absolute atomic E-state index is 12.5. The number of aromatic nitrogens is 2. The maximum atomic E-state index is 12.5. The summed E-state index contributed by atoms with van der Waals surface area (Å²) in [6.07, 6.45) is 5.55. The Hall–Kier alpha value is -1.23. The predicted molar refractivity (Wildman–Crippen MR) is 58.2 cm³/mol. The van der Waals surface area contributed by atoms with Crippen molar-refractivity contribution in [1.82, 2.24) is 9.97 Å². The molecule has 1 rings (SSSR count). The van der Waals surface area contributed by atoms with E-state index in [4.69, 9.17) is 5.73 Å². The van der Waals surface area contributed by atoms with E-state index in [1.807, 2.05) is 11.9 Å². The van der Waals surface area contributed by atoms with Crippen LogP contribution in [0.3, 0.4) is 0 Å². The highest BCUT2D eigenvalue weighted by atomic mass is 19.1. The Morgan fingerprint density at radius 3 is 2.53 bits per heavy atom. The normalized spacial score (nSPS) is 10.3. The van der Waals surface area contributed by atoms with Gasteiger partial charge in [0.15, 0.2) is 5.82 Å². The average molecular weight is 212 g/mol. The summed E-state index contributed by atoms with van der Waals surface area (Å²) in [5.41, 5.74) is 5.39. The van der Waals surface area contributed by atoms with Crippen molar-refractivity contribution in [2.45, 2.75) is 19.3 Å². The molecule has 0 unspecified atom stereocenters. The Morgan fingerprint density at radius 1 is 1.27 bits per heavy atom. The smallest absolute Gasteiger partial charge is 0.225 e. The van der Waals surface area contributed by atoms with Gasteiger partial charge in [-0.05, 0) is 19.4 Å². The molecule has 0 saturated carbocycles. The van der Waals surface area contributed by atoms with Gasteiger partial charge in [-0.1, -0.05) is 6.42 Å². The molecule has 0 bridgehead atoms. The zero-order valence-corrected chi connectivity index (χ0v) is 8.99. The number of anilines is 1. The summed E-state index contributed by atoms with van der Waals surface area (Å²) in [5, 5.41) is 0. The minimum atomic E-state index is -0.407. The lowest BCUT2D eigenvalue weighted by molar-refractivity contribution is 0.610. The SMILES string of the molecule is CN(CCCCCN)c1ncc(F)cn1. The van der Waals surface area contributed by atoms with Gasteiger partial charge in [-0.2, -0.15) is 0 Å². The molecule has 0 saturated heterocycles. The summed E-state index contributed by atoms with van der Waals surface area (Å²) in [6.45, 7) is 1.60. The quantitative estimate of drug-likeness (QED) is 0.719. The van der Waals surface area contributed by atoms with Gasteiger partial charge in [0.05, 0.1) is 12.4 Å². The Labute approximate surface area is 89.3 Å². The van der Waals surface area contributed by atoms with Crippen molar-refractivity contribution < 1.29 is 4.39 Å². The fraction of sp³-hybridized carbons (Fsp3) is 0.600. The first-order valence-electron chi connectivity index (χ1n) is 5.13. The molecular formula is C10H17FN4. The number of unbranched alkanes of at least 4 members (excludes halogenated alkanes) is 2. The van der Waals surface area contributed by atoms with Crippen LogP contribution in [0.2, 0.25) is 0 Å². The summed E-state index contributed by atoms with van der Waals surface area (Å²) in [7, 11) is 1.90. The van der Waals surface area contributed by atoms with Crippen LogP contribution in [0.5, 0.6) is 0 Å². The van der Waals surface area contributed by atoms with E-state index in [-0.39, 0.29) is 0 Å². The highest BCUT2D eigenvalue weighted by Crippen LogP contribution is 2.05. The number of hydrogen-bond acceptors (Lipinski definition) is 4. The van der Waals surface area contributed by atoms with E-state index in [0.29, 0.717) is 5.95 Å². The molecule has 0 aliphatic carbocycles. The first kappa shape index (κ1) is 11.8. The van der Waals surface area contributed by atoms with E-state index >= 15 is 0 Å². The summed E-state index contributed by atoms with van der Waals surface area (Å²) in [6, 6.07) is 0. The maximum Gasteiger partial charge on any atom is 0.225 e. The number of nitrogens with two attached hydrogens (primary N) is 1. The third-order valence-corrected chi connectivity index (χ3v) is 2.15. The molecule has 0 spiro atoms. The molecule has 1 aromatic rings. The Kier molecular flexibility index (Phi) is 4.97. The molecule has 1 heterocycles. The van der Waals surface area contributed by atoms with Gasteiger partial charge >= 0.3 is 0 Å². The lowest BCUT2D eigenvalue weighted by atomic mass is 10.2. The molecule has 0 aliphatic rings. The summed E-state index contributed by atoms with van der Waals surface area (Å²) in [4.78, 5) is 9.70.